The van der Waals surface area contributed by atoms with Gasteiger partial charge in [-0.3, -0.25) is 4.79 Å². The first-order valence-electron chi connectivity index (χ1n) is 7.23. The van der Waals surface area contributed by atoms with E-state index in [1.165, 1.54) is 12.0 Å². The van der Waals surface area contributed by atoms with Crippen LogP contribution in [-0.4, -0.2) is 54.0 Å². The molecule has 0 aliphatic rings. The molecule has 21 heavy (non-hydrogen) atoms. The summed E-state index contributed by atoms with van der Waals surface area (Å²) >= 11 is 0. The summed E-state index contributed by atoms with van der Waals surface area (Å²) in [6.07, 6.45) is -0.397. The zero-order chi connectivity index (χ0) is 16.8. The highest BCUT2D eigenvalue weighted by Gasteiger charge is 2.35. The maximum absolute atomic E-state index is 12.2. The third-order valence-electron chi connectivity index (χ3n) is 3.42. The molecular formula is C15H29NO5. The lowest BCUT2D eigenvalue weighted by molar-refractivity contribution is -0.141. The molecule has 1 amide bonds. The Bertz CT molecular complexity index is 350. The molecule has 0 fully saturated rings. The number of amides is 1. The van der Waals surface area contributed by atoms with Gasteiger partial charge >= 0.3 is 12.1 Å². The van der Waals surface area contributed by atoms with Crippen LogP contribution in [0.4, 0.5) is 4.79 Å². The molecule has 6 nitrogen and oxygen atoms in total. The van der Waals surface area contributed by atoms with E-state index in [1.54, 1.807) is 27.8 Å². The van der Waals surface area contributed by atoms with Crippen molar-refractivity contribution in [3.8, 4) is 0 Å². The van der Waals surface area contributed by atoms with Crippen LogP contribution in [0.15, 0.2) is 0 Å². The molecule has 0 saturated heterocycles. The number of carbonyl (C=O) groups excluding carboxylic acids is 1. The fourth-order valence-electron chi connectivity index (χ4n) is 2.21. The Kier molecular flexibility index (Phi) is 7.71. The number of hydrogen-bond donors (Lipinski definition) is 1. The van der Waals surface area contributed by atoms with Crippen molar-refractivity contribution < 1.29 is 24.2 Å². The summed E-state index contributed by atoms with van der Waals surface area (Å²) in [4.78, 5) is 24.7. The van der Waals surface area contributed by atoms with Crippen molar-refractivity contribution in [1.29, 1.82) is 0 Å². The van der Waals surface area contributed by atoms with E-state index in [1.807, 2.05) is 13.8 Å². The minimum Gasteiger partial charge on any atom is -0.481 e. The van der Waals surface area contributed by atoms with Crippen molar-refractivity contribution in [2.24, 2.45) is 5.92 Å². The number of rotatable bonds is 7. The Labute approximate surface area is 127 Å². The van der Waals surface area contributed by atoms with Gasteiger partial charge < -0.3 is 19.5 Å². The normalized spacial score (nSPS) is 16.0. The first-order valence-corrected chi connectivity index (χ1v) is 7.23. The molecule has 0 unspecified atom stereocenters. The van der Waals surface area contributed by atoms with Gasteiger partial charge in [-0.2, -0.15) is 0 Å². The number of aliphatic carboxylic acids is 1. The molecule has 0 aromatic rings. The SMILES string of the molecule is CC[C@@H](C)[C@@H]([C@@H](CC(=O)O)OC)N(C)C(=O)OC(C)(C)C. The second kappa shape index (κ2) is 8.22. The molecule has 0 aliphatic carbocycles. The molecule has 6 heteroatoms. The Morgan fingerprint density at radius 1 is 1.29 bits per heavy atom. The van der Waals surface area contributed by atoms with Crippen LogP contribution in [0.3, 0.4) is 0 Å². The van der Waals surface area contributed by atoms with E-state index in [4.69, 9.17) is 14.6 Å². The first kappa shape index (κ1) is 19.7. The zero-order valence-corrected chi connectivity index (χ0v) is 14.2. The molecule has 0 aromatic heterocycles. The van der Waals surface area contributed by atoms with Crippen LogP contribution < -0.4 is 0 Å². The van der Waals surface area contributed by atoms with E-state index in [2.05, 4.69) is 0 Å². The number of nitrogens with zero attached hydrogens (tertiary/aromatic N) is 1. The second-order valence-corrected chi connectivity index (χ2v) is 6.34. The average molecular weight is 303 g/mol. The highest BCUT2D eigenvalue weighted by atomic mass is 16.6. The quantitative estimate of drug-likeness (QED) is 0.782. The molecule has 0 aromatic carbocycles. The fourth-order valence-corrected chi connectivity index (χ4v) is 2.21. The van der Waals surface area contributed by atoms with Crippen molar-refractivity contribution in [2.45, 2.75) is 65.2 Å². The van der Waals surface area contributed by atoms with Gasteiger partial charge in [0, 0.05) is 14.2 Å². The van der Waals surface area contributed by atoms with Crippen molar-refractivity contribution in [3.63, 3.8) is 0 Å². The maximum atomic E-state index is 12.2. The summed E-state index contributed by atoms with van der Waals surface area (Å²) in [6, 6.07) is -0.356. The van der Waals surface area contributed by atoms with Crippen LogP contribution in [0, 0.1) is 5.92 Å². The zero-order valence-electron chi connectivity index (χ0n) is 14.2. The van der Waals surface area contributed by atoms with Crippen LogP contribution in [0.25, 0.3) is 0 Å². The van der Waals surface area contributed by atoms with Gasteiger partial charge in [0.15, 0.2) is 0 Å². The monoisotopic (exact) mass is 303 g/mol. The van der Waals surface area contributed by atoms with Gasteiger partial charge in [0.2, 0.25) is 0 Å². The highest BCUT2D eigenvalue weighted by Crippen LogP contribution is 2.23. The van der Waals surface area contributed by atoms with Crippen molar-refractivity contribution in [2.75, 3.05) is 14.2 Å². The Morgan fingerprint density at radius 3 is 2.14 bits per heavy atom. The summed E-state index contributed by atoms with van der Waals surface area (Å²) in [5.41, 5.74) is -0.597. The van der Waals surface area contributed by atoms with Crippen LogP contribution in [0.5, 0.6) is 0 Å². The van der Waals surface area contributed by atoms with Crippen LogP contribution in [0.1, 0.15) is 47.5 Å². The number of hydrogen-bond acceptors (Lipinski definition) is 4. The summed E-state index contributed by atoms with van der Waals surface area (Å²) in [5, 5.41) is 9.01. The van der Waals surface area contributed by atoms with E-state index in [-0.39, 0.29) is 18.4 Å². The van der Waals surface area contributed by atoms with Gasteiger partial charge in [-0.25, -0.2) is 4.79 Å². The average Bonchev–Trinajstić information content (AvgIpc) is 2.34. The molecule has 1 N–H and O–H groups in total. The molecule has 0 saturated carbocycles. The van der Waals surface area contributed by atoms with E-state index in [0.29, 0.717) is 0 Å². The third-order valence-corrected chi connectivity index (χ3v) is 3.42. The molecular weight excluding hydrogens is 274 g/mol. The summed E-state index contributed by atoms with van der Waals surface area (Å²) < 4.78 is 10.7. The third kappa shape index (κ3) is 6.80. The number of carboxylic acids is 1. The van der Waals surface area contributed by atoms with Gasteiger partial charge in [-0.05, 0) is 26.7 Å². The Balaban J connectivity index is 5.20. The lowest BCUT2D eigenvalue weighted by Gasteiger charge is -2.37. The topological polar surface area (TPSA) is 76.1 Å². The Hall–Kier alpha value is -1.30. The predicted octanol–water partition coefficient (Wildman–Crippen LogP) is 2.76. The fraction of sp³-hybridized carbons (Fsp3) is 0.867. The van der Waals surface area contributed by atoms with Crippen LogP contribution >= 0.6 is 0 Å². The number of carbonyl (C=O) groups is 2. The summed E-state index contributed by atoms with van der Waals surface area (Å²) in [5.74, 6) is -0.862. The number of carboxylic acid groups (broad SMARTS) is 1. The van der Waals surface area contributed by atoms with Gasteiger partial charge in [0.05, 0.1) is 18.6 Å². The molecule has 0 rings (SSSR count). The second-order valence-electron chi connectivity index (χ2n) is 6.34. The number of ether oxygens (including phenoxy) is 2. The van der Waals surface area contributed by atoms with Gasteiger partial charge in [0.25, 0.3) is 0 Å². The largest absolute Gasteiger partial charge is 0.481 e. The van der Waals surface area contributed by atoms with E-state index >= 15 is 0 Å². The predicted molar refractivity (Wildman–Crippen MR) is 80.3 cm³/mol. The van der Waals surface area contributed by atoms with Crippen LogP contribution in [0.2, 0.25) is 0 Å². The highest BCUT2D eigenvalue weighted by molar-refractivity contribution is 5.69. The van der Waals surface area contributed by atoms with Crippen molar-refractivity contribution >= 4 is 12.1 Å². The van der Waals surface area contributed by atoms with Gasteiger partial charge in [-0.15, -0.1) is 0 Å². The van der Waals surface area contributed by atoms with E-state index in [0.717, 1.165) is 6.42 Å². The van der Waals surface area contributed by atoms with Crippen LogP contribution in [-0.2, 0) is 14.3 Å². The molecule has 0 radical (unpaired) electrons. The number of methoxy groups -OCH3 is 1. The van der Waals surface area contributed by atoms with E-state index < -0.39 is 23.8 Å². The van der Waals surface area contributed by atoms with Crippen molar-refractivity contribution in [1.82, 2.24) is 4.90 Å². The molecule has 0 bridgehead atoms. The van der Waals surface area contributed by atoms with Gasteiger partial charge in [-0.1, -0.05) is 20.3 Å². The summed E-state index contributed by atoms with van der Waals surface area (Å²) in [7, 11) is 3.09. The molecule has 0 aliphatic heterocycles. The molecule has 124 valence electrons. The summed E-state index contributed by atoms with van der Waals surface area (Å²) in [6.45, 7) is 9.35. The minimum absolute atomic E-state index is 0.0896. The molecule has 0 spiro atoms. The Morgan fingerprint density at radius 2 is 1.81 bits per heavy atom. The van der Waals surface area contributed by atoms with Gasteiger partial charge in [0.1, 0.15) is 5.60 Å². The first-order chi connectivity index (χ1) is 9.53. The lowest BCUT2D eigenvalue weighted by Crippen LogP contribution is -2.51. The smallest absolute Gasteiger partial charge is 0.410 e. The maximum Gasteiger partial charge on any atom is 0.410 e. The number of likely N-dealkylation sites (N-methyl/N-ethyl adjacent to an activating group) is 1. The molecule has 0 heterocycles. The van der Waals surface area contributed by atoms with E-state index in [9.17, 15) is 9.59 Å². The van der Waals surface area contributed by atoms with Crippen molar-refractivity contribution in [3.05, 3.63) is 0 Å². The lowest BCUT2D eigenvalue weighted by atomic mass is 9.91. The minimum atomic E-state index is -0.951. The standard InChI is InChI=1S/C15H29NO5/c1-8-10(2)13(11(20-7)9-12(17)18)16(6)14(19)21-15(3,4)5/h10-11,13H,8-9H2,1-7H3,(H,17,18)/t10-,11-,13+/m1/s1. The molecule has 3 atom stereocenters.